The van der Waals surface area contributed by atoms with Crippen molar-refractivity contribution < 1.29 is 5.11 Å². The van der Waals surface area contributed by atoms with Gasteiger partial charge in [0, 0.05) is 0 Å². The summed E-state index contributed by atoms with van der Waals surface area (Å²) in [5.74, 6) is -0.348. The van der Waals surface area contributed by atoms with Gasteiger partial charge in [-0.3, -0.25) is 0 Å². The summed E-state index contributed by atoms with van der Waals surface area (Å²) < 4.78 is 0. The summed E-state index contributed by atoms with van der Waals surface area (Å²) in [6, 6.07) is 32.3. The summed E-state index contributed by atoms with van der Waals surface area (Å²) in [5, 5.41) is 15.8. The van der Waals surface area contributed by atoms with E-state index in [2.05, 4.69) is 97.9 Å². The third-order valence-corrected chi connectivity index (χ3v) is 11.8. The van der Waals surface area contributed by atoms with E-state index < -0.39 is 7.26 Å². The molecule has 3 aromatic carbocycles. The van der Waals surface area contributed by atoms with Crippen LogP contribution in [0.4, 0.5) is 0 Å². The Hall–Kier alpha value is -1.95. The van der Waals surface area contributed by atoms with Gasteiger partial charge in [-0.25, -0.2) is 0 Å². The van der Waals surface area contributed by atoms with Crippen LogP contribution in [-0.2, 0) is 0 Å². The predicted molar refractivity (Wildman–Crippen MR) is 144 cm³/mol. The molecule has 0 fully saturated rings. The molecule has 0 aromatic heterocycles. The van der Waals surface area contributed by atoms with Gasteiger partial charge >= 0.3 is 196 Å². The van der Waals surface area contributed by atoms with Gasteiger partial charge < -0.3 is 0 Å². The van der Waals surface area contributed by atoms with Gasteiger partial charge in [-0.15, -0.1) is 0 Å². The van der Waals surface area contributed by atoms with Crippen LogP contribution in [0.2, 0.25) is 0 Å². The van der Waals surface area contributed by atoms with E-state index in [0.717, 1.165) is 12.8 Å². The van der Waals surface area contributed by atoms with Gasteiger partial charge in [0.05, 0.1) is 0 Å². The molecule has 1 N–H and O–H groups in total. The van der Waals surface area contributed by atoms with Crippen molar-refractivity contribution in [3.63, 3.8) is 0 Å². The predicted octanol–water partition coefficient (Wildman–Crippen LogP) is 6.95. The number of benzene rings is 3. The molecule has 0 saturated carbocycles. The number of hydrogen-bond donors (Lipinski definition) is 1. The molecule has 0 spiro atoms. The summed E-state index contributed by atoms with van der Waals surface area (Å²) in [4.78, 5) is 0. The number of aliphatic hydroxyl groups excluding tert-OH is 1. The SMILES string of the molecule is CCCCCCCCCCCC(O)[PH](c1ccccc1)(c1ccccc1)c1ccccc1. The van der Waals surface area contributed by atoms with Crippen LogP contribution in [0.15, 0.2) is 91.0 Å². The quantitative estimate of drug-likeness (QED) is 0.209. The maximum absolute atomic E-state index is 11.9. The fraction of sp³-hybridized carbons (Fsp3) is 0.400. The van der Waals surface area contributed by atoms with Gasteiger partial charge in [-0.1, -0.05) is 0 Å². The first-order valence-corrected chi connectivity index (χ1v) is 14.7. The molecule has 0 amide bonds. The molecule has 0 aliphatic heterocycles. The first-order chi connectivity index (χ1) is 15.8. The molecule has 0 saturated heterocycles. The van der Waals surface area contributed by atoms with E-state index in [0.29, 0.717) is 0 Å². The zero-order valence-electron chi connectivity index (χ0n) is 19.8. The third-order valence-electron chi connectivity index (χ3n) is 6.77. The molecule has 1 atom stereocenters. The molecule has 0 aliphatic carbocycles. The Balaban J connectivity index is 1.77. The van der Waals surface area contributed by atoms with E-state index >= 15 is 0 Å². The van der Waals surface area contributed by atoms with Gasteiger partial charge in [-0.05, 0) is 0 Å². The van der Waals surface area contributed by atoms with E-state index in [1.807, 2.05) is 0 Å². The molecule has 172 valence electrons. The van der Waals surface area contributed by atoms with Crippen LogP contribution in [-0.4, -0.2) is 11.0 Å². The van der Waals surface area contributed by atoms with E-state index in [-0.39, 0.29) is 5.85 Å². The van der Waals surface area contributed by atoms with E-state index in [1.54, 1.807) is 0 Å². The normalized spacial score (nSPS) is 13.1. The molecule has 0 radical (unpaired) electrons. The topological polar surface area (TPSA) is 20.2 Å². The van der Waals surface area contributed by atoms with Crippen LogP contribution in [0.3, 0.4) is 0 Å². The number of rotatable bonds is 14. The standard InChI is InChI=1S/C30H41OP/c1-2-3-4-5-6-7-8-9-19-26-30(31)32(27-20-13-10-14-21-27,28-22-15-11-16-23-28)29-24-17-12-18-25-29/h10-18,20-25,30-32H,2-9,19,26H2,1H3. The van der Waals surface area contributed by atoms with Gasteiger partial charge in [-0.2, -0.15) is 0 Å². The number of unbranched alkanes of at least 4 members (excludes halogenated alkanes) is 8. The molecular weight excluding hydrogens is 407 g/mol. The van der Waals surface area contributed by atoms with Crippen molar-refractivity contribution in [2.24, 2.45) is 0 Å². The van der Waals surface area contributed by atoms with Gasteiger partial charge in [0.25, 0.3) is 0 Å². The minimum absolute atomic E-state index is 0.348. The van der Waals surface area contributed by atoms with Crippen molar-refractivity contribution >= 4 is 23.2 Å². The Bertz CT molecular complexity index is 766. The third kappa shape index (κ3) is 6.31. The minimum atomic E-state index is -2.56. The van der Waals surface area contributed by atoms with Gasteiger partial charge in [0.1, 0.15) is 0 Å². The van der Waals surface area contributed by atoms with Crippen molar-refractivity contribution in [3.8, 4) is 0 Å². The average Bonchev–Trinajstić information content (AvgIpc) is 2.85. The van der Waals surface area contributed by atoms with Crippen molar-refractivity contribution in [3.05, 3.63) is 91.0 Å². The van der Waals surface area contributed by atoms with E-state index in [4.69, 9.17) is 0 Å². The molecule has 2 heteroatoms. The molecular formula is C30H41OP. The maximum atomic E-state index is 11.9. The zero-order valence-corrected chi connectivity index (χ0v) is 20.8. The molecule has 32 heavy (non-hydrogen) atoms. The second-order valence-electron chi connectivity index (χ2n) is 9.04. The van der Waals surface area contributed by atoms with Crippen molar-refractivity contribution in [2.75, 3.05) is 0 Å². The Morgan fingerprint density at radius 1 is 0.531 bits per heavy atom. The van der Waals surface area contributed by atoms with Crippen LogP contribution in [0, 0.1) is 0 Å². The monoisotopic (exact) mass is 448 g/mol. The molecule has 1 nitrogen and oxygen atoms in total. The molecule has 3 rings (SSSR count). The van der Waals surface area contributed by atoms with Crippen LogP contribution in [0.25, 0.3) is 0 Å². The van der Waals surface area contributed by atoms with Crippen molar-refractivity contribution in [2.45, 2.75) is 77.0 Å². The van der Waals surface area contributed by atoms with Crippen molar-refractivity contribution in [1.82, 2.24) is 0 Å². The van der Waals surface area contributed by atoms with Crippen LogP contribution < -0.4 is 15.9 Å². The molecule has 0 heterocycles. The Labute approximate surface area is 196 Å². The van der Waals surface area contributed by atoms with Gasteiger partial charge in [0.15, 0.2) is 0 Å². The van der Waals surface area contributed by atoms with E-state index in [9.17, 15) is 5.11 Å². The Kier molecular flexibility index (Phi) is 10.5. The Morgan fingerprint density at radius 3 is 1.25 bits per heavy atom. The zero-order chi connectivity index (χ0) is 22.5. The summed E-state index contributed by atoms with van der Waals surface area (Å²) in [6.07, 6.45) is 12.6. The molecule has 0 aliphatic rings. The summed E-state index contributed by atoms with van der Waals surface area (Å²) in [6.45, 7) is 2.27. The van der Waals surface area contributed by atoms with Gasteiger partial charge in [0.2, 0.25) is 0 Å². The molecule has 1 unspecified atom stereocenters. The summed E-state index contributed by atoms with van der Waals surface area (Å²) in [7, 11) is -2.56. The second kappa shape index (κ2) is 13.6. The molecule has 3 aromatic rings. The van der Waals surface area contributed by atoms with Crippen LogP contribution in [0.5, 0.6) is 0 Å². The first kappa shape index (κ1) is 24.7. The number of hydrogen-bond acceptors (Lipinski definition) is 1. The van der Waals surface area contributed by atoms with Crippen molar-refractivity contribution in [1.29, 1.82) is 0 Å². The average molecular weight is 449 g/mol. The van der Waals surface area contributed by atoms with Crippen LogP contribution >= 0.6 is 7.26 Å². The Morgan fingerprint density at radius 2 is 0.875 bits per heavy atom. The molecule has 0 bridgehead atoms. The summed E-state index contributed by atoms with van der Waals surface area (Å²) >= 11 is 0. The first-order valence-electron chi connectivity index (χ1n) is 12.6. The number of aliphatic hydroxyl groups is 1. The van der Waals surface area contributed by atoms with E-state index in [1.165, 1.54) is 67.3 Å². The fourth-order valence-corrected chi connectivity index (χ4v) is 9.99. The fourth-order valence-electron chi connectivity index (χ4n) is 5.05. The second-order valence-corrected chi connectivity index (χ2v) is 13.1. The van der Waals surface area contributed by atoms with Crippen LogP contribution in [0.1, 0.15) is 71.1 Å². The summed E-state index contributed by atoms with van der Waals surface area (Å²) in [5.41, 5.74) is 0.